The average molecular weight is 285 g/mol. The standard InChI is InChI=1S/C13H11N5O3/c1-21-12-5-9(2-3-15-12)7-16-13-11(18(19)20)4-10(6-14)8-17-13/h2-5,8H,7H2,1H3,(H,16,17). The number of rotatable bonds is 5. The van der Waals surface area contributed by atoms with Crippen LogP contribution in [-0.2, 0) is 6.54 Å². The number of nitriles is 1. The lowest BCUT2D eigenvalue weighted by molar-refractivity contribution is -0.384. The van der Waals surface area contributed by atoms with Crippen LogP contribution >= 0.6 is 0 Å². The number of hydrogen-bond donors (Lipinski definition) is 1. The van der Waals surface area contributed by atoms with Gasteiger partial charge in [0.2, 0.25) is 11.7 Å². The Morgan fingerprint density at radius 1 is 1.48 bits per heavy atom. The number of pyridine rings is 2. The van der Waals surface area contributed by atoms with Crippen LogP contribution in [-0.4, -0.2) is 22.0 Å². The molecule has 0 fully saturated rings. The van der Waals surface area contributed by atoms with Gasteiger partial charge in [0.25, 0.3) is 0 Å². The smallest absolute Gasteiger partial charge is 0.312 e. The third-order valence-electron chi connectivity index (χ3n) is 2.66. The molecule has 0 aliphatic heterocycles. The predicted molar refractivity (Wildman–Crippen MR) is 73.7 cm³/mol. The lowest BCUT2D eigenvalue weighted by Crippen LogP contribution is -2.05. The van der Waals surface area contributed by atoms with E-state index in [-0.39, 0.29) is 17.1 Å². The number of anilines is 1. The molecule has 0 radical (unpaired) electrons. The Bertz CT molecular complexity index is 711. The summed E-state index contributed by atoms with van der Waals surface area (Å²) >= 11 is 0. The van der Waals surface area contributed by atoms with E-state index in [0.29, 0.717) is 12.4 Å². The third kappa shape index (κ3) is 3.42. The van der Waals surface area contributed by atoms with E-state index < -0.39 is 4.92 Å². The summed E-state index contributed by atoms with van der Waals surface area (Å²) in [6, 6.07) is 6.47. The molecular formula is C13H11N5O3. The number of nitro groups is 1. The quantitative estimate of drug-likeness (QED) is 0.658. The van der Waals surface area contributed by atoms with Crippen LogP contribution < -0.4 is 10.1 Å². The third-order valence-corrected chi connectivity index (χ3v) is 2.66. The monoisotopic (exact) mass is 285 g/mol. The number of ether oxygens (including phenoxy) is 1. The molecule has 2 heterocycles. The fourth-order valence-electron chi connectivity index (χ4n) is 1.65. The van der Waals surface area contributed by atoms with Crippen molar-refractivity contribution in [3.05, 3.63) is 51.8 Å². The Morgan fingerprint density at radius 2 is 2.29 bits per heavy atom. The van der Waals surface area contributed by atoms with Crippen molar-refractivity contribution in [3.8, 4) is 11.9 Å². The first-order valence-electron chi connectivity index (χ1n) is 5.91. The van der Waals surface area contributed by atoms with Gasteiger partial charge in [0.05, 0.1) is 17.6 Å². The van der Waals surface area contributed by atoms with Crippen LogP contribution in [0.4, 0.5) is 11.5 Å². The van der Waals surface area contributed by atoms with Crippen molar-refractivity contribution >= 4 is 11.5 Å². The second-order valence-corrected chi connectivity index (χ2v) is 4.02. The van der Waals surface area contributed by atoms with Crippen LogP contribution in [0.15, 0.2) is 30.6 Å². The molecule has 0 bridgehead atoms. The summed E-state index contributed by atoms with van der Waals surface area (Å²) in [4.78, 5) is 18.3. The Balaban J connectivity index is 2.19. The molecule has 0 amide bonds. The Morgan fingerprint density at radius 3 is 2.95 bits per heavy atom. The number of hydrogen-bond acceptors (Lipinski definition) is 7. The van der Waals surface area contributed by atoms with Crippen LogP contribution in [0.5, 0.6) is 5.88 Å². The molecule has 0 unspecified atom stereocenters. The highest BCUT2D eigenvalue weighted by Crippen LogP contribution is 2.23. The van der Waals surface area contributed by atoms with Gasteiger partial charge in [-0.2, -0.15) is 5.26 Å². The average Bonchev–Trinajstić information content (AvgIpc) is 2.52. The van der Waals surface area contributed by atoms with Gasteiger partial charge in [-0.1, -0.05) is 0 Å². The molecule has 8 nitrogen and oxygen atoms in total. The van der Waals surface area contributed by atoms with E-state index in [4.69, 9.17) is 10.00 Å². The van der Waals surface area contributed by atoms with Gasteiger partial charge in [0.15, 0.2) is 0 Å². The van der Waals surface area contributed by atoms with Crippen molar-refractivity contribution in [1.82, 2.24) is 9.97 Å². The van der Waals surface area contributed by atoms with Crippen molar-refractivity contribution in [1.29, 1.82) is 5.26 Å². The molecule has 0 atom stereocenters. The minimum atomic E-state index is -0.580. The zero-order chi connectivity index (χ0) is 15.2. The molecular weight excluding hydrogens is 274 g/mol. The first kappa shape index (κ1) is 14.2. The highest BCUT2D eigenvalue weighted by Gasteiger charge is 2.16. The van der Waals surface area contributed by atoms with Crippen molar-refractivity contribution in [3.63, 3.8) is 0 Å². The summed E-state index contributed by atoms with van der Waals surface area (Å²) in [5.41, 5.74) is 0.732. The maximum Gasteiger partial charge on any atom is 0.312 e. The van der Waals surface area contributed by atoms with Gasteiger partial charge in [-0.25, -0.2) is 9.97 Å². The van der Waals surface area contributed by atoms with Gasteiger partial charge in [-0.05, 0) is 11.6 Å². The highest BCUT2D eigenvalue weighted by molar-refractivity contribution is 5.58. The maximum absolute atomic E-state index is 11.0. The van der Waals surface area contributed by atoms with Gasteiger partial charge < -0.3 is 10.1 Å². The van der Waals surface area contributed by atoms with Crippen LogP contribution in [0, 0.1) is 21.4 Å². The van der Waals surface area contributed by atoms with Crippen LogP contribution in [0.25, 0.3) is 0 Å². The van der Waals surface area contributed by atoms with E-state index in [0.717, 1.165) is 5.56 Å². The van der Waals surface area contributed by atoms with Crippen LogP contribution in [0.2, 0.25) is 0 Å². The topological polar surface area (TPSA) is 114 Å². The van der Waals surface area contributed by atoms with Crippen LogP contribution in [0.3, 0.4) is 0 Å². The van der Waals surface area contributed by atoms with Gasteiger partial charge in [-0.15, -0.1) is 0 Å². The molecule has 0 spiro atoms. The molecule has 0 saturated carbocycles. The first-order chi connectivity index (χ1) is 10.1. The molecule has 21 heavy (non-hydrogen) atoms. The molecule has 2 aromatic heterocycles. The summed E-state index contributed by atoms with van der Waals surface area (Å²) in [5.74, 6) is 0.561. The molecule has 8 heteroatoms. The van der Waals surface area contributed by atoms with Gasteiger partial charge in [0.1, 0.15) is 6.07 Å². The van der Waals surface area contributed by atoms with Crippen molar-refractivity contribution < 1.29 is 9.66 Å². The van der Waals surface area contributed by atoms with Gasteiger partial charge in [-0.3, -0.25) is 10.1 Å². The van der Waals surface area contributed by atoms with E-state index in [1.54, 1.807) is 18.3 Å². The number of nitrogens with one attached hydrogen (secondary N) is 1. The minimum absolute atomic E-state index is 0.106. The molecule has 1 N–H and O–H groups in total. The fourth-order valence-corrected chi connectivity index (χ4v) is 1.65. The zero-order valence-electron chi connectivity index (χ0n) is 11.1. The van der Waals surface area contributed by atoms with E-state index >= 15 is 0 Å². The van der Waals surface area contributed by atoms with Crippen molar-refractivity contribution in [2.45, 2.75) is 6.54 Å². The maximum atomic E-state index is 11.0. The molecule has 0 aliphatic rings. The summed E-state index contributed by atoms with van der Waals surface area (Å²) in [6.45, 7) is 0.318. The van der Waals surface area contributed by atoms with E-state index in [1.807, 2.05) is 6.07 Å². The Labute approximate surface area is 120 Å². The van der Waals surface area contributed by atoms with Crippen molar-refractivity contribution in [2.75, 3.05) is 12.4 Å². The second-order valence-electron chi connectivity index (χ2n) is 4.02. The minimum Gasteiger partial charge on any atom is -0.481 e. The molecule has 2 rings (SSSR count). The SMILES string of the molecule is COc1cc(CNc2ncc(C#N)cc2[N+](=O)[O-])ccn1. The molecule has 2 aromatic rings. The predicted octanol–water partition coefficient (Wildman–Crippen LogP) is 1.88. The van der Waals surface area contributed by atoms with E-state index in [9.17, 15) is 10.1 Å². The molecule has 106 valence electrons. The lowest BCUT2D eigenvalue weighted by Gasteiger charge is -2.07. The normalized spacial score (nSPS) is 9.71. The highest BCUT2D eigenvalue weighted by atomic mass is 16.6. The lowest BCUT2D eigenvalue weighted by atomic mass is 10.2. The van der Waals surface area contributed by atoms with E-state index in [1.165, 1.54) is 19.4 Å². The number of nitrogens with zero attached hydrogens (tertiary/aromatic N) is 4. The molecule has 0 aromatic carbocycles. The summed E-state index contributed by atoms with van der Waals surface area (Å²) in [7, 11) is 1.51. The summed E-state index contributed by atoms with van der Waals surface area (Å²) < 4.78 is 5.00. The Kier molecular flexibility index (Phi) is 4.26. The van der Waals surface area contributed by atoms with Gasteiger partial charge >= 0.3 is 5.69 Å². The van der Waals surface area contributed by atoms with Crippen LogP contribution in [0.1, 0.15) is 11.1 Å². The van der Waals surface area contributed by atoms with E-state index in [2.05, 4.69) is 15.3 Å². The fraction of sp³-hybridized carbons (Fsp3) is 0.154. The van der Waals surface area contributed by atoms with Gasteiger partial charge in [0, 0.05) is 31.1 Å². The summed E-state index contributed by atoms with van der Waals surface area (Å²) in [6.07, 6.45) is 2.86. The second kappa shape index (κ2) is 6.29. The Hall–Kier alpha value is -3.21. The number of methoxy groups -OCH3 is 1. The molecule has 0 aliphatic carbocycles. The van der Waals surface area contributed by atoms with Crippen molar-refractivity contribution in [2.24, 2.45) is 0 Å². The largest absolute Gasteiger partial charge is 0.481 e. The molecule has 0 saturated heterocycles. The first-order valence-corrected chi connectivity index (χ1v) is 5.91. The summed E-state index contributed by atoms with van der Waals surface area (Å²) in [5, 5.41) is 22.6. The zero-order valence-corrected chi connectivity index (χ0v) is 11.1. The number of aromatic nitrogens is 2.